The van der Waals surface area contributed by atoms with Gasteiger partial charge in [-0.1, -0.05) is 29.3 Å². The van der Waals surface area contributed by atoms with Crippen molar-refractivity contribution in [1.29, 1.82) is 0 Å². The summed E-state index contributed by atoms with van der Waals surface area (Å²) in [5, 5.41) is 3.35. The third-order valence-corrected chi connectivity index (χ3v) is 3.78. The van der Waals surface area contributed by atoms with Crippen LogP contribution >= 0.6 is 15.9 Å². The minimum Gasteiger partial charge on any atom is -0.493 e. The molecule has 0 spiro atoms. The molecule has 0 heterocycles. The summed E-state index contributed by atoms with van der Waals surface area (Å²) in [5.74, 6) is 1.81. The molecule has 1 aliphatic rings. The van der Waals surface area contributed by atoms with E-state index in [-0.39, 0.29) is 0 Å². The Morgan fingerprint density at radius 1 is 1.41 bits per heavy atom. The van der Waals surface area contributed by atoms with Crippen molar-refractivity contribution in [2.24, 2.45) is 5.92 Å². The van der Waals surface area contributed by atoms with Crippen molar-refractivity contribution in [2.45, 2.75) is 32.7 Å². The molecule has 0 atom stereocenters. The molecule has 3 heteroatoms. The maximum atomic E-state index is 5.93. The molecule has 0 aromatic heterocycles. The number of hydrogen-bond donors (Lipinski definition) is 1. The number of ether oxygens (including phenoxy) is 1. The molecule has 17 heavy (non-hydrogen) atoms. The van der Waals surface area contributed by atoms with Gasteiger partial charge in [-0.15, -0.1) is 0 Å². The SMILES string of the molecule is CCNCc1cc(Br)ccc1OCC1CCC1. The minimum absolute atomic E-state index is 0.783. The molecule has 1 fully saturated rings. The molecule has 2 rings (SSSR count). The van der Waals surface area contributed by atoms with Gasteiger partial charge in [-0.05, 0) is 43.5 Å². The second-order valence-corrected chi connectivity index (χ2v) is 5.56. The normalized spacial score (nSPS) is 15.6. The van der Waals surface area contributed by atoms with Crippen LogP contribution < -0.4 is 10.1 Å². The zero-order valence-corrected chi connectivity index (χ0v) is 11.9. The molecule has 0 amide bonds. The van der Waals surface area contributed by atoms with E-state index in [9.17, 15) is 0 Å². The van der Waals surface area contributed by atoms with Crippen molar-refractivity contribution >= 4 is 15.9 Å². The molecule has 1 N–H and O–H groups in total. The van der Waals surface area contributed by atoms with E-state index in [1.807, 2.05) is 6.07 Å². The van der Waals surface area contributed by atoms with E-state index in [4.69, 9.17) is 4.74 Å². The summed E-state index contributed by atoms with van der Waals surface area (Å²) in [7, 11) is 0. The molecular weight excluding hydrogens is 278 g/mol. The molecule has 1 saturated carbocycles. The average molecular weight is 298 g/mol. The van der Waals surface area contributed by atoms with Crippen LogP contribution in [0, 0.1) is 5.92 Å². The van der Waals surface area contributed by atoms with Crippen molar-refractivity contribution in [3.8, 4) is 5.75 Å². The Bertz CT molecular complexity index is 363. The van der Waals surface area contributed by atoms with Crippen LogP contribution in [0.25, 0.3) is 0 Å². The first-order valence-electron chi connectivity index (χ1n) is 6.41. The Balaban J connectivity index is 1.97. The van der Waals surface area contributed by atoms with Crippen LogP contribution in [0.2, 0.25) is 0 Å². The number of halogens is 1. The maximum absolute atomic E-state index is 5.93. The second kappa shape index (κ2) is 6.41. The van der Waals surface area contributed by atoms with E-state index in [1.54, 1.807) is 0 Å². The van der Waals surface area contributed by atoms with Gasteiger partial charge in [-0.3, -0.25) is 0 Å². The van der Waals surface area contributed by atoms with Crippen molar-refractivity contribution < 1.29 is 4.74 Å². The van der Waals surface area contributed by atoms with Gasteiger partial charge in [0.25, 0.3) is 0 Å². The van der Waals surface area contributed by atoms with Gasteiger partial charge >= 0.3 is 0 Å². The summed E-state index contributed by atoms with van der Waals surface area (Å²) in [6, 6.07) is 6.25. The molecule has 0 aliphatic heterocycles. The fraction of sp³-hybridized carbons (Fsp3) is 0.571. The molecule has 0 radical (unpaired) electrons. The molecule has 1 aliphatic carbocycles. The summed E-state index contributed by atoms with van der Waals surface area (Å²) in [6.07, 6.45) is 4.04. The largest absolute Gasteiger partial charge is 0.493 e. The Kier molecular flexibility index (Phi) is 4.86. The van der Waals surface area contributed by atoms with Gasteiger partial charge in [-0.2, -0.15) is 0 Å². The Labute approximate surface area is 112 Å². The predicted molar refractivity (Wildman–Crippen MR) is 74.4 cm³/mol. The van der Waals surface area contributed by atoms with E-state index in [0.717, 1.165) is 35.8 Å². The van der Waals surface area contributed by atoms with E-state index in [1.165, 1.54) is 24.8 Å². The summed E-state index contributed by atoms with van der Waals surface area (Å²) < 4.78 is 7.04. The van der Waals surface area contributed by atoms with Gasteiger partial charge in [0.2, 0.25) is 0 Å². The third kappa shape index (κ3) is 3.71. The van der Waals surface area contributed by atoms with E-state index in [0.29, 0.717) is 0 Å². The number of benzene rings is 1. The molecule has 1 aromatic rings. The zero-order valence-electron chi connectivity index (χ0n) is 10.3. The standard InChI is InChI=1S/C14H20BrNO/c1-2-16-9-12-8-13(15)6-7-14(12)17-10-11-4-3-5-11/h6-8,11,16H,2-5,9-10H2,1H3. The van der Waals surface area contributed by atoms with Gasteiger partial charge in [0.1, 0.15) is 5.75 Å². The van der Waals surface area contributed by atoms with E-state index < -0.39 is 0 Å². The first kappa shape index (κ1) is 12.9. The zero-order chi connectivity index (χ0) is 12.1. The van der Waals surface area contributed by atoms with E-state index in [2.05, 4.69) is 40.3 Å². The molecular formula is C14H20BrNO. The van der Waals surface area contributed by atoms with Crippen molar-refractivity contribution in [3.05, 3.63) is 28.2 Å². The summed E-state index contributed by atoms with van der Waals surface area (Å²) >= 11 is 3.51. The van der Waals surface area contributed by atoms with Crippen LogP contribution in [0.15, 0.2) is 22.7 Å². The lowest BCUT2D eigenvalue weighted by atomic mass is 9.86. The molecule has 94 valence electrons. The van der Waals surface area contributed by atoms with Crippen LogP contribution in [0.3, 0.4) is 0 Å². The minimum atomic E-state index is 0.783. The maximum Gasteiger partial charge on any atom is 0.123 e. The summed E-state index contributed by atoms with van der Waals surface area (Å²) in [6.45, 7) is 4.85. The Morgan fingerprint density at radius 2 is 2.24 bits per heavy atom. The average Bonchev–Trinajstić information content (AvgIpc) is 2.26. The smallest absolute Gasteiger partial charge is 0.123 e. The monoisotopic (exact) mass is 297 g/mol. The van der Waals surface area contributed by atoms with E-state index >= 15 is 0 Å². The highest BCUT2D eigenvalue weighted by Gasteiger charge is 2.18. The predicted octanol–water partition coefficient (Wildman–Crippen LogP) is 3.74. The Hall–Kier alpha value is -0.540. The summed E-state index contributed by atoms with van der Waals surface area (Å²) in [4.78, 5) is 0. The lowest BCUT2D eigenvalue weighted by Gasteiger charge is -2.25. The highest BCUT2D eigenvalue weighted by molar-refractivity contribution is 9.10. The van der Waals surface area contributed by atoms with Crippen LogP contribution in [-0.4, -0.2) is 13.2 Å². The Morgan fingerprint density at radius 3 is 2.88 bits per heavy atom. The highest BCUT2D eigenvalue weighted by Crippen LogP contribution is 2.29. The van der Waals surface area contributed by atoms with Crippen molar-refractivity contribution in [3.63, 3.8) is 0 Å². The molecule has 0 unspecified atom stereocenters. The lowest BCUT2D eigenvalue weighted by molar-refractivity contribution is 0.179. The van der Waals surface area contributed by atoms with Gasteiger partial charge in [0.15, 0.2) is 0 Å². The van der Waals surface area contributed by atoms with Gasteiger partial charge in [-0.25, -0.2) is 0 Å². The first-order valence-corrected chi connectivity index (χ1v) is 7.21. The van der Waals surface area contributed by atoms with Crippen LogP contribution in [0.1, 0.15) is 31.7 Å². The third-order valence-electron chi connectivity index (χ3n) is 3.29. The first-order chi connectivity index (χ1) is 8.29. The quantitative estimate of drug-likeness (QED) is 0.864. The fourth-order valence-electron chi connectivity index (χ4n) is 1.95. The topological polar surface area (TPSA) is 21.3 Å². The highest BCUT2D eigenvalue weighted by atomic mass is 79.9. The van der Waals surface area contributed by atoms with Gasteiger partial charge < -0.3 is 10.1 Å². The lowest BCUT2D eigenvalue weighted by Crippen LogP contribution is -2.20. The van der Waals surface area contributed by atoms with Crippen LogP contribution in [0.5, 0.6) is 5.75 Å². The van der Waals surface area contributed by atoms with Gasteiger partial charge in [0, 0.05) is 16.6 Å². The number of hydrogen-bond acceptors (Lipinski definition) is 2. The van der Waals surface area contributed by atoms with Crippen molar-refractivity contribution in [2.75, 3.05) is 13.2 Å². The molecule has 0 bridgehead atoms. The van der Waals surface area contributed by atoms with Gasteiger partial charge in [0.05, 0.1) is 6.61 Å². The molecule has 2 nitrogen and oxygen atoms in total. The number of nitrogens with one attached hydrogen (secondary N) is 1. The second-order valence-electron chi connectivity index (χ2n) is 4.64. The van der Waals surface area contributed by atoms with Crippen LogP contribution in [-0.2, 0) is 6.54 Å². The van der Waals surface area contributed by atoms with Crippen molar-refractivity contribution in [1.82, 2.24) is 5.32 Å². The molecule has 1 aromatic carbocycles. The fourth-order valence-corrected chi connectivity index (χ4v) is 2.36. The number of rotatable bonds is 6. The summed E-state index contributed by atoms with van der Waals surface area (Å²) in [5.41, 5.74) is 1.24. The van der Waals surface area contributed by atoms with Crippen LogP contribution in [0.4, 0.5) is 0 Å². The molecule has 0 saturated heterocycles.